The summed E-state index contributed by atoms with van der Waals surface area (Å²) in [5, 5.41) is 0. The molecular formula is C20H31BrO2Si. The molecule has 1 rings (SSSR count). The van der Waals surface area contributed by atoms with Gasteiger partial charge in [0, 0.05) is 18.1 Å². The number of hydrogen-bond donors (Lipinski definition) is 0. The summed E-state index contributed by atoms with van der Waals surface area (Å²) in [7, 11) is -1.34. The highest BCUT2D eigenvalue weighted by atomic mass is 79.9. The van der Waals surface area contributed by atoms with Crippen LogP contribution in [0.1, 0.15) is 45.1 Å². The smallest absolute Gasteiger partial charge is 0.137 e. The van der Waals surface area contributed by atoms with Crippen LogP contribution in [0.2, 0.25) is 19.6 Å². The van der Waals surface area contributed by atoms with E-state index >= 15 is 0 Å². The molecule has 134 valence electrons. The van der Waals surface area contributed by atoms with E-state index in [2.05, 4.69) is 66.9 Å². The first-order chi connectivity index (χ1) is 11.4. The summed E-state index contributed by atoms with van der Waals surface area (Å²) in [5.74, 6) is 5.11. The van der Waals surface area contributed by atoms with Gasteiger partial charge in [-0.3, -0.25) is 0 Å². The fourth-order valence-corrected chi connectivity index (χ4v) is 3.14. The quantitative estimate of drug-likeness (QED) is 0.272. The molecule has 0 spiro atoms. The fourth-order valence-electron chi connectivity index (χ4n) is 2.02. The molecule has 0 saturated carbocycles. The molecule has 0 fully saturated rings. The van der Waals surface area contributed by atoms with Crippen LogP contribution >= 0.6 is 15.9 Å². The van der Waals surface area contributed by atoms with Crippen LogP contribution in [-0.2, 0) is 6.42 Å². The molecule has 0 unspecified atom stereocenters. The minimum Gasteiger partial charge on any atom is -0.493 e. The molecule has 2 nitrogen and oxygen atoms in total. The zero-order chi connectivity index (χ0) is 18.0. The third-order valence-electron chi connectivity index (χ3n) is 3.37. The standard InChI is InChI=1S/C20H31BrO2Si/c1-6-8-12-22-19-16-20(23-13-9-7-2)18(21)15-17(19)11-10-14-24(3,4)5/h15-16H,6-9,11-13H2,1-5H3. The van der Waals surface area contributed by atoms with Gasteiger partial charge in [-0.05, 0) is 34.8 Å². The SMILES string of the molecule is CCCCOc1cc(OCCCC)c(CC#C[Si](C)(C)C)cc1Br. The molecule has 0 heterocycles. The van der Waals surface area contributed by atoms with Gasteiger partial charge in [0.15, 0.2) is 0 Å². The maximum absolute atomic E-state index is 6.00. The van der Waals surface area contributed by atoms with Crippen molar-refractivity contribution >= 4 is 24.0 Å². The largest absolute Gasteiger partial charge is 0.493 e. The first-order valence-corrected chi connectivity index (χ1v) is 13.2. The average Bonchev–Trinajstić information content (AvgIpc) is 2.50. The Balaban J connectivity index is 2.96. The van der Waals surface area contributed by atoms with Crippen molar-refractivity contribution < 1.29 is 9.47 Å². The summed E-state index contributed by atoms with van der Waals surface area (Å²) in [6, 6.07) is 4.11. The van der Waals surface area contributed by atoms with Gasteiger partial charge in [-0.1, -0.05) is 46.3 Å². The third kappa shape index (κ3) is 8.26. The summed E-state index contributed by atoms with van der Waals surface area (Å²) in [5.41, 5.74) is 4.56. The van der Waals surface area contributed by atoms with Gasteiger partial charge in [-0.2, -0.15) is 0 Å². The topological polar surface area (TPSA) is 18.5 Å². The van der Waals surface area contributed by atoms with Crippen LogP contribution in [0.3, 0.4) is 0 Å². The first kappa shape index (κ1) is 21.1. The van der Waals surface area contributed by atoms with Crippen LogP contribution in [0.15, 0.2) is 16.6 Å². The molecule has 1 aromatic carbocycles. The molecule has 0 aliphatic heterocycles. The lowest BCUT2D eigenvalue weighted by Crippen LogP contribution is -2.16. The fraction of sp³-hybridized carbons (Fsp3) is 0.600. The van der Waals surface area contributed by atoms with E-state index in [1.165, 1.54) is 0 Å². The van der Waals surface area contributed by atoms with Crippen molar-refractivity contribution in [1.82, 2.24) is 0 Å². The number of benzene rings is 1. The van der Waals surface area contributed by atoms with Crippen LogP contribution in [0.4, 0.5) is 0 Å². The van der Waals surface area contributed by atoms with Crippen LogP contribution in [0, 0.1) is 11.5 Å². The number of hydrogen-bond acceptors (Lipinski definition) is 2. The Bertz CT molecular complexity index is 567. The molecule has 0 aromatic heterocycles. The minimum absolute atomic E-state index is 0.722. The Morgan fingerprint density at radius 1 is 0.958 bits per heavy atom. The number of rotatable bonds is 9. The predicted octanol–water partition coefficient (Wildman–Crippen LogP) is 6.23. The van der Waals surface area contributed by atoms with E-state index in [-0.39, 0.29) is 0 Å². The van der Waals surface area contributed by atoms with Crippen molar-refractivity contribution in [1.29, 1.82) is 0 Å². The second-order valence-corrected chi connectivity index (χ2v) is 12.6. The zero-order valence-electron chi connectivity index (χ0n) is 15.8. The average molecular weight is 411 g/mol. The second kappa shape index (κ2) is 10.8. The molecule has 0 saturated heterocycles. The van der Waals surface area contributed by atoms with Crippen molar-refractivity contribution in [3.63, 3.8) is 0 Å². The molecule has 4 heteroatoms. The Morgan fingerprint density at radius 3 is 2.08 bits per heavy atom. The summed E-state index contributed by atoms with van der Waals surface area (Å²) in [6.45, 7) is 12.6. The lowest BCUT2D eigenvalue weighted by atomic mass is 10.1. The zero-order valence-corrected chi connectivity index (χ0v) is 18.4. The van der Waals surface area contributed by atoms with Crippen molar-refractivity contribution in [3.8, 4) is 23.0 Å². The van der Waals surface area contributed by atoms with E-state index < -0.39 is 8.07 Å². The summed E-state index contributed by atoms with van der Waals surface area (Å²) in [4.78, 5) is 0. The van der Waals surface area contributed by atoms with E-state index in [9.17, 15) is 0 Å². The predicted molar refractivity (Wildman–Crippen MR) is 110 cm³/mol. The molecule has 0 radical (unpaired) electrons. The van der Waals surface area contributed by atoms with E-state index in [0.29, 0.717) is 0 Å². The van der Waals surface area contributed by atoms with Gasteiger partial charge < -0.3 is 9.47 Å². The van der Waals surface area contributed by atoms with Crippen molar-refractivity contribution in [2.75, 3.05) is 13.2 Å². The molecule has 0 aliphatic rings. The monoisotopic (exact) mass is 410 g/mol. The van der Waals surface area contributed by atoms with Gasteiger partial charge >= 0.3 is 0 Å². The molecule has 0 N–H and O–H groups in total. The molecule has 24 heavy (non-hydrogen) atoms. The molecule has 0 bridgehead atoms. The van der Waals surface area contributed by atoms with E-state index in [4.69, 9.17) is 9.47 Å². The van der Waals surface area contributed by atoms with Crippen LogP contribution in [-0.4, -0.2) is 21.3 Å². The number of unbranched alkanes of at least 4 members (excludes halogenated alkanes) is 2. The van der Waals surface area contributed by atoms with Gasteiger partial charge in [0.1, 0.15) is 19.6 Å². The lowest BCUT2D eigenvalue weighted by molar-refractivity contribution is 0.291. The third-order valence-corrected chi connectivity index (χ3v) is 4.91. The Kier molecular flexibility index (Phi) is 9.54. The van der Waals surface area contributed by atoms with Gasteiger partial charge in [0.2, 0.25) is 0 Å². The van der Waals surface area contributed by atoms with E-state index in [1.807, 2.05) is 6.07 Å². The number of halogens is 1. The van der Waals surface area contributed by atoms with Gasteiger partial charge in [-0.15, -0.1) is 11.5 Å². The van der Waals surface area contributed by atoms with Crippen LogP contribution in [0.25, 0.3) is 0 Å². The van der Waals surface area contributed by atoms with Gasteiger partial charge in [-0.25, -0.2) is 0 Å². The molecule has 0 amide bonds. The highest BCUT2D eigenvalue weighted by Crippen LogP contribution is 2.33. The van der Waals surface area contributed by atoms with Gasteiger partial charge in [0.05, 0.1) is 17.7 Å². The number of ether oxygens (including phenoxy) is 2. The normalized spacial score (nSPS) is 10.9. The summed E-state index contributed by atoms with van der Waals surface area (Å²) >= 11 is 3.63. The van der Waals surface area contributed by atoms with E-state index in [1.54, 1.807) is 0 Å². The maximum Gasteiger partial charge on any atom is 0.137 e. The summed E-state index contributed by atoms with van der Waals surface area (Å²) < 4.78 is 12.9. The molecule has 1 aromatic rings. The van der Waals surface area contributed by atoms with Crippen LogP contribution in [0.5, 0.6) is 11.5 Å². The molecule has 0 aliphatic carbocycles. The van der Waals surface area contributed by atoms with Crippen LogP contribution < -0.4 is 9.47 Å². The van der Waals surface area contributed by atoms with Gasteiger partial charge in [0.25, 0.3) is 0 Å². The molecular weight excluding hydrogens is 380 g/mol. The minimum atomic E-state index is -1.34. The first-order valence-electron chi connectivity index (χ1n) is 8.95. The Morgan fingerprint density at radius 2 is 1.54 bits per heavy atom. The van der Waals surface area contributed by atoms with Crippen molar-refractivity contribution in [3.05, 3.63) is 22.2 Å². The van der Waals surface area contributed by atoms with Crippen molar-refractivity contribution in [2.24, 2.45) is 0 Å². The van der Waals surface area contributed by atoms with Crippen molar-refractivity contribution in [2.45, 2.75) is 65.6 Å². The molecule has 0 atom stereocenters. The highest BCUT2D eigenvalue weighted by molar-refractivity contribution is 9.10. The maximum atomic E-state index is 6.00. The Hall–Kier alpha value is -0.923. The highest BCUT2D eigenvalue weighted by Gasteiger charge is 2.11. The second-order valence-electron chi connectivity index (χ2n) is 7.02. The Labute approximate surface area is 157 Å². The summed E-state index contributed by atoms with van der Waals surface area (Å²) in [6.07, 6.45) is 5.09. The van der Waals surface area contributed by atoms with E-state index in [0.717, 1.165) is 66.9 Å². The lowest BCUT2D eigenvalue weighted by Gasteiger charge is -2.14.